The molecule has 5 nitrogen and oxygen atoms in total. The van der Waals surface area contributed by atoms with E-state index in [2.05, 4.69) is 12.2 Å². The van der Waals surface area contributed by atoms with Gasteiger partial charge in [0.25, 0.3) is 0 Å². The Hall–Kier alpha value is -1.59. The molecule has 1 aromatic carbocycles. The van der Waals surface area contributed by atoms with E-state index in [1.54, 1.807) is 0 Å². The number of hydrogen-bond donors (Lipinski definition) is 2. The van der Waals surface area contributed by atoms with Crippen molar-refractivity contribution in [3.63, 3.8) is 0 Å². The predicted octanol–water partition coefficient (Wildman–Crippen LogP) is 3.62. The number of benzene rings is 1. The molecular weight excluding hydrogens is 386 g/mol. The highest BCUT2D eigenvalue weighted by atomic mass is 35.5. The molecule has 1 aliphatic carbocycles. The Kier molecular flexibility index (Phi) is 8.53. The molecule has 0 spiro atoms. The summed E-state index contributed by atoms with van der Waals surface area (Å²) in [7, 11) is 0. The van der Waals surface area contributed by atoms with Crippen molar-refractivity contribution in [2.75, 3.05) is 13.1 Å². The van der Waals surface area contributed by atoms with Crippen LogP contribution >= 0.6 is 12.4 Å². The minimum Gasteiger partial charge on any atom is -0.353 e. The van der Waals surface area contributed by atoms with E-state index in [0.717, 1.165) is 50.5 Å². The first-order chi connectivity index (χ1) is 13.4. The second-order valence-electron chi connectivity index (χ2n) is 8.78. The van der Waals surface area contributed by atoms with Gasteiger partial charge in [0.2, 0.25) is 11.8 Å². The first kappa shape index (κ1) is 23.7. The van der Waals surface area contributed by atoms with Crippen molar-refractivity contribution in [2.45, 2.75) is 76.3 Å². The molecule has 1 aromatic rings. The molecule has 1 aliphatic heterocycles. The average molecular weight is 422 g/mol. The highest BCUT2D eigenvalue weighted by molar-refractivity contribution is 5.85. The molecule has 2 fully saturated rings. The minimum absolute atomic E-state index is 0. The molecule has 2 aliphatic rings. The van der Waals surface area contributed by atoms with Crippen molar-refractivity contribution in [1.82, 2.24) is 10.2 Å². The number of nitrogens with two attached hydrogens (primary N) is 1. The summed E-state index contributed by atoms with van der Waals surface area (Å²) < 4.78 is 0. The normalized spacial score (nSPS) is 26.3. The van der Waals surface area contributed by atoms with Crippen LogP contribution in [0, 0.1) is 5.92 Å². The summed E-state index contributed by atoms with van der Waals surface area (Å²) >= 11 is 0. The van der Waals surface area contributed by atoms with Gasteiger partial charge in [-0.3, -0.25) is 9.59 Å². The van der Waals surface area contributed by atoms with Gasteiger partial charge >= 0.3 is 0 Å². The summed E-state index contributed by atoms with van der Waals surface area (Å²) in [5.74, 6) is 0.140. The Morgan fingerprint density at radius 1 is 1.17 bits per heavy atom. The van der Waals surface area contributed by atoms with Crippen molar-refractivity contribution in [2.24, 2.45) is 11.7 Å². The van der Waals surface area contributed by atoms with Gasteiger partial charge in [-0.15, -0.1) is 12.4 Å². The number of nitrogens with one attached hydrogen (secondary N) is 1. The highest BCUT2D eigenvalue weighted by Gasteiger charge is 2.39. The maximum Gasteiger partial charge on any atom is 0.230 e. The summed E-state index contributed by atoms with van der Waals surface area (Å²) in [6.07, 6.45) is 6.41. The van der Waals surface area contributed by atoms with Crippen molar-refractivity contribution in [1.29, 1.82) is 0 Å². The predicted molar refractivity (Wildman–Crippen MR) is 119 cm³/mol. The monoisotopic (exact) mass is 421 g/mol. The Balaban J connectivity index is 0.00000300. The SMILES string of the molecule is CCC(C(=O)N1CCC(NC(=O)C2CCCCC2(C)N)CC1)c1ccccc1.Cl. The largest absolute Gasteiger partial charge is 0.353 e. The lowest BCUT2D eigenvalue weighted by Crippen LogP contribution is -2.55. The van der Waals surface area contributed by atoms with Gasteiger partial charge in [-0.25, -0.2) is 0 Å². The van der Waals surface area contributed by atoms with Crippen molar-refractivity contribution in [3.8, 4) is 0 Å². The second kappa shape index (κ2) is 10.4. The van der Waals surface area contributed by atoms with Crippen LogP contribution in [0.25, 0.3) is 0 Å². The van der Waals surface area contributed by atoms with Crippen LogP contribution in [0.15, 0.2) is 30.3 Å². The maximum absolute atomic E-state index is 13.0. The lowest BCUT2D eigenvalue weighted by molar-refractivity contribution is -0.134. The highest BCUT2D eigenvalue weighted by Crippen LogP contribution is 2.32. The molecule has 3 atom stereocenters. The van der Waals surface area contributed by atoms with Gasteiger partial charge in [0.05, 0.1) is 11.8 Å². The molecule has 1 saturated heterocycles. The Bertz CT molecular complexity index is 672. The van der Waals surface area contributed by atoms with Gasteiger partial charge in [0.1, 0.15) is 0 Å². The van der Waals surface area contributed by atoms with E-state index in [1.165, 1.54) is 0 Å². The van der Waals surface area contributed by atoms with E-state index < -0.39 is 5.54 Å². The van der Waals surface area contributed by atoms with E-state index in [9.17, 15) is 9.59 Å². The second-order valence-corrected chi connectivity index (χ2v) is 8.78. The van der Waals surface area contributed by atoms with Gasteiger partial charge in [-0.1, -0.05) is 50.1 Å². The number of nitrogens with zero attached hydrogens (tertiary/aromatic N) is 1. The van der Waals surface area contributed by atoms with E-state index in [-0.39, 0.29) is 42.1 Å². The van der Waals surface area contributed by atoms with Crippen LogP contribution in [0.4, 0.5) is 0 Å². The molecule has 6 heteroatoms. The number of likely N-dealkylation sites (tertiary alicyclic amines) is 1. The van der Waals surface area contributed by atoms with Crippen molar-refractivity contribution in [3.05, 3.63) is 35.9 Å². The number of piperidine rings is 1. The average Bonchev–Trinajstić information content (AvgIpc) is 2.69. The van der Waals surface area contributed by atoms with Crippen LogP contribution in [0.2, 0.25) is 0 Å². The fourth-order valence-electron chi connectivity index (χ4n) is 4.79. The first-order valence-electron chi connectivity index (χ1n) is 10.9. The third-order valence-corrected chi connectivity index (χ3v) is 6.63. The first-order valence-corrected chi connectivity index (χ1v) is 10.9. The maximum atomic E-state index is 13.0. The molecule has 1 heterocycles. The Morgan fingerprint density at radius 2 is 1.83 bits per heavy atom. The standard InChI is InChI=1S/C23H35N3O2.ClH/c1-3-19(17-9-5-4-6-10-17)22(28)26-15-12-18(13-16-26)25-21(27)20-11-7-8-14-23(20,2)24;/h4-6,9-10,18-20H,3,7-8,11-16,24H2,1-2H3,(H,25,27);1H. The lowest BCUT2D eigenvalue weighted by atomic mass is 9.74. The summed E-state index contributed by atoms with van der Waals surface area (Å²) in [5.41, 5.74) is 7.07. The number of carbonyl (C=O) groups is 2. The molecular formula is C23H36ClN3O2. The zero-order valence-corrected chi connectivity index (χ0v) is 18.5. The fourth-order valence-corrected chi connectivity index (χ4v) is 4.79. The third-order valence-electron chi connectivity index (χ3n) is 6.63. The molecule has 162 valence electrons. The van der Waals surface area contributed by atoms with E-state index >= 15 is 0 Å². The molecule has 1 saturated carbocycles. The molecule has 2 amide bonds. The minimum atomic E-state index is -0.400. The number of halogens is 1. The topological polar surface area (TPSA) is 75.4 Å². The number of amides is 2. The van der Waals surface area contributed by atoms with Crippen LogP contribution < -0.4 is 11.1 Å². The van der Waals surface area contributed by atoms with Crippen LogP contribution in [-0.2, 0) is 9.59 Å². The van der Waals surface area contributed by atoms with Crippen LogP contribution in [-0.4, -0.2) is 41.4 Å². The summed E-state index contributed by atoms with van der Waals surface area (Å²) in [4.78, 5) is 27.7. The molecule has 29 heavy (non-hydrogen) atoms. The molecule has 0 radical (unpaired) electrons. The number of rotatable bonds is 5. The van der Waals surface area contributed by atoms with Gasteiger partial charge in [0.15, 0.2) is 0 Å². The molecule has 0 bridgehead atoms. The molecule has 3 N–H and O–H groups in total. The molecule has 3 rings (SSSR count). The third kappa shape index (κ3) is 5.73. The van der Waals surface area contributed by atoms with Crippen molar-refractivity contribution >= 4 is 24.2 Å². The fraction of sp³-hybridized carbons (Fsp3) is 0.652. The van der Waals surface area contributed by atoms with Gasteiger partial charge in [-0.05, 0) is 44.6 Å². The van der Waals surface area contributed by atoms with E-state index in [1.807, 2.05) is 42.2 Å². The smallest absolute Gasteiger partial charge is 0.230 e. The number of hydrogen-bond acceptors (Lipinski definition) is 3. The summed E-state index contributed by atoms with van der Waals surface area (Å²) in [6, 6.07) is 10.2. The number of carbonyl (C=O) groups excluding carboxylic acids is 2. The summed E-state index contributed by atoms with van der Waals surface area (Å²) in [6.45, 7) is 5.48. The van der Waals surface area contributed by atoms with Gasteiger partial charge < -0.3 is 16.0 Å². The quantitative estimate of drug-likeness (QED) is 0.762. The van der Waals surface area contributed by atoms with Crippen LogP contribution in [0.3, 0.4) is 0 Å². The lowest BCUT2D eigenvalue weighted by Gasteiger charge is -2.39. The van der Waals surface area contributed by atoms with Crippen LogP contribution in [0.1, 0.15) is 70.3 Å². The summed E-state index contributed by atoms with van der Waals surface area (Å²) in [5, 5.41) is 3.22. The Morgan fingerprint density at radius 3 is 2.41 bits per heavy atom. The van der Waals surface area contributed by atoms with E-state index in [4.69, 9.17) is 5.73 Å². The van der Waals surface area contributed by atoms with Crippen LogP contribution in [0.5, 0.6) is 0 Å². The van der Waals surface area contributed by atoms with Gasteiger partial charge in [-0.2, -0.15) is 0 Å². The zero-order chi connectivity index (χ0) is 20.1. The zero-order valence-electron chi connectivity index (χ0n) is 17.7. The molecule has 0 aromatic heterocycles. The van der Waals surface area contributed by atoms with E-state index in [0.29, 0.717) is 13.1 Å². The van der Waals surface area contributed by atoms with Crippen molar-refractivity contribution < 1.29 is 9.59 Å². The Labute approximate surface area is 181 Å². The van der Waals surface area contributed by atoms with Gasteiger partial charge in [0, 0.05) is 24.7 Å². The molecule has 3 unspecified atom stereocenters.